The smallest absolute Gasteiger partial charge is 0.330 e. The van der Waals surface area contributed by atoms with Gasteiger partial charge < -0.3 is 16.0 Å². The highest BCUT2D eigenvalue weighted by atomic mass is 16.2. The molecule has 0 aliphatic rings. The number of nitrogens with two attached hydrogens (primary N) is 1. The molecule has 0 saturated carbocycles. The highest BCUT2D eigenvalue weighted by molar-refractivity contribution is 5.96. The van der Waals surface area contributed by atoms with Crippen LogP contribution < -0.4 is 27.2 Å². The lowest BCUT2D eigenvalue weighted by Gasteiger charge is -2.22. The predicted octanol–water partition coefficient (Wildman–Crippen LogP) is 1.48. The lowest BCUT2D eigenvalue weighted by atomic mass is 10.1. The minimum atomic E-state index is -0.700. The molecule has 0 spiro atoms. The van der Waals surface area contributed by atoms with Gasteiger partial charge in [0.15, 0.2) is 5.69 Å². The van der Waals surface area contributed by atoms with Crippen molar-refractivity contribution in [2.75, 3.05) is 24.2 Å². The van der Waals surface area contributed by atoms with E-state index in [1.165, 1.54) is 16.5 Å². The normalized spacial score (nSPS) is 11.8. The second-order valence-electron chi connectivity index (χ2n) is 7.03. The third-order valence-electron chi connectivity index (χ3n) is 4.97. The zero-order valence-corrected chi connectivity index (χ0v) is 17.0. The molecule has 1 amide bonds. The number of likely N-dealkylation sites (N-methyl/N-ethyl adjacent to an activating group) is 1. The van der Waals surface area contributed by atoms with Crippen molar-refractivity contribution >= 4 is 17.4 Å². The first-order chi connectivity index (χ1) is 14.4. The monoisotopic (exact) mass is 407 g/mol. The van der Waals surface area contributed by atoms with Gasteiger partial charge in [-0.2, -0.15) is 0 Å². The number of carbonyl (C=O) groups is 1. The molecular formula is C22H25N5O3. The number of nitrogen functional groups attached to an aromatic ring is 1. The summed E-state index contributed by atoms with van der Waals surface area (Å²) in [5.41, 5.74) is 6.66. The fraction of sp³-hybridized carbons (Fsp3) is 0.227. The Bertz CT molecular complexity index is 1120. The zero-order valence-electron chi connectivity index (χ0n) is 17.0. The Balaban J connectivity index is 1.80. The van der Waals surface area contributed by atoms with Gasteiger partial charge in [-0.25, -0.2) is 4.79 Å². The number of nitrogens with zero attached hydrogens (tertiary/aromatic N) is 2. The number of aromatic amines is 1. The second kappa shape index (κ2) is 9.23. The van der Waals surface area contributed by atoms with Gasteiger partial charge in [0.05, 0.1) is 13.1 Å². The van der Waals surface area contributed by atoms with Gasteiger partial charge in [-0.15, -0.1) is 0 Å². The van der Waals surface area contributed by atoms with Crippen molar-refractivity contribution in [2.45, 2.75) is 19.5 Å². The van der Waals surface area contributed by atoms with E-state index in [0.29, 0.717) is 0 Å². The first kappa shape index (κ1) is 21.1. The largest absolute Gasteiger partial charge is 0.383 e. The molecule has 3 aromatic rings. The molecule has 0 radical (unpaired) electrons. The van der Waals surface area contributed by atoms with Crippen LogP contribution in [0.25, 0.3) is 0 Å². The van der Waals surface area contributed by atoms with Crippen molar-refractivity contribution in [2.24, 2.45) is 0 Å². The van der Waals surface area contributed by atoms with Gasteiger partial charge in [0.25, 0.3) is 5.56 Å². The molecule has 0 saturated heterocycles. The fourth-order valence-corrected chi connectivity index (χ4v) is 3.17. The molecule has 3 rings (SSSR count). The summed E-state index contributed by atoms with van der Waals surface area (Å²) < 4.78 is 1.25. The summed E-state index contributed by atoms with van der Waals surface area (Å²) in [6.07, 6.45) is 0. The van der Waals surface area contributed by atoms with Gasteiger partial charge in [-0.1, -0.05) is 60.7 Å². The number of nitrogens with one attached hydrogen (secondary N) is 2. The molecule has 0 unspecified atom stereocenters. The molecule has 4 N–H and O–H groups in total. The molecule has 8 nitrogen and oxygen atoms in total. The van der Waals surface area contributed by atoms with E-state index in [1.807, 2.05) is 67.6 Å². The number of hydrogen-bond acceptors (Lipinski definition) is 5. The Morgan fingerprint density at radius 1 is 1.10 bits per heavy atom. The van der Waals surface area contributed by atoms with E-state index in [9.17, 15) is 14.4 Å². The molecule has 0 fully saturated rings. The van der Waals surface area contributed by atoms with Crippen LogP contribution in [0.15, 0.2) is 70.3 Å². The Hall–Kier alpha value is -3.65. The molecule has 1 heterocycles. The lowest BCUT2D eigenvalue weighted by molar-refractivity contribution is -0.117. The van der Waals surface area contributed by atoms with Crippen LogP contribution in [-0.4, -0.2) is 29.1 Å². The molecule has 0 bridgehead atoms. The van der Waals surface area contributed by atoms with Gasteiger partial charge in [0.1, 0.15) is 5.82 Å². The fourth-order valence-electron chi connectivity index (χ4n) is 3.17. The summed E-state index contributed by atoms with van der Waals surface area (Å²) in [6, 6.07) is 18.9. The van der Waals surface area contributed by atoms with E-state index in [2.05, 4.69) is 10.3 Å². The van der Waals surface area contributed by atoms with Crippen LogP contribution in [0.1, 0.15) is 24.1 Å². The number of carbonyl (C=O) groups excluding carboxylic acids is 1. The Morgan fingerprint density at radius 3 is 2.33 bits per heavy atom. The molecule has 0 aliphatic carbocycles. The number of amides is 1. The van der Waals surface area contributed by atoms with Crippen LogP contribution in [0.3, 0.4) is 0 Å². The average Bonchev–Trinajstić information content (AvgIpc) is 2.75. The average molecular weight is 407 g/mol. The molecule has 30 heavy (non-hydrogen) atoms. The third-order valence-corrected chi connectivity index (χ3v) is 4.97. The molecule has 1 atom stereocenters. The van der Waals surface area contributed by atoms with Gasteiger partial charge in [0.2, 0.25) is 5.91 Å². The van der Waals surface area contributed by atoms with Crippen molar-refractivity contribution in [3.63, 3.8) is 0 Å². The van der Waals surface area contributed by atoms with Crippen molar-refractivity contribution in [3.8, 4) is 0 Å². The number of H-pyrrole nitrogens is 1. The van der Waals surface area contributed by atoms with E-state index in [-0.39, 0.29) is 36.5 Å². The molecule has 0 aliphatic heterocycles. The summed E-state index contributed by atoms with van der Waals surface area (Å²) in [6.45, 7) is 2.13. The molecule has 1 aromatic heterocycles. The highest BCUT2D eigenvalue weighted by Crippen LogP contribution is 2.17. The van der Waals surface area contributed by atoms with Crippen LogP contribution in [0.4, 0.5) is 11.5 Å². The third kappa shape index (κ3) is 4.66. The number of aromatic nitrogens is 2. The quantitative estimate of drug-likeness (QED) is 0.549. The van der Waals surface area contributed by atoms with Gasteiger partial charge in [0, 0.05) is 13.1 Å². The molecule has 156 valence electrons. The molecule has 2 aromatic carbocycles. The minimum absolute atomic E-state index is 0.00323. The van der Waals surface area contributed by atoms with Crippen molar-refractivity contribution in [1.29, 1.82) is 0 Å². The van der Waals surface area contributed by atoms with E-state index in [1.54, 1.807) is 0 Å². The van der Waals surface area contributed by atoms with Crippen molar-refractivity contribution < 1.29 is 4.79 Å². The first-order valence-electron chi connectivity index (χ1n) is 9.60. The maximum Gasteiger partial charge on any atom is 0.330 e. The Kier molecular flexibility index (Phi) is 6.48. The predicted molar refractivity (Wildman–Crippen MR) is 118 cm³/mol. The maximum absolute atomic E-state index is 12.7. The number of anilines is 2. The van der Waals surface area contributed by atoms with Gasteiger partial charge in [-0.05, 0) is 18.1 Å². The van der Waals surface area contributed by atoms with Crippen LogP contribution in [0.2, 0.25) is 0 Å². The summed E-state index contributed by atoms with van der Waals surface area (Å²) in [4.78, 5) is 40.8. The van der Waals surface area contributed by atoms with Crippen LogP contribution in [0.5, 0.6) is 0 Å². The second-order valence-corrected chi connectivity index (χ2v) is 7.03. The minimum Gasteiger partial charge on any atom is -0.383 e. The Morgan fingerprint density at radius 2 is 1.70 bits per heavy atom. The number of benzene rings is 2. The van der Waals surface area contributed by atoms with E-state index >= 15 is 0 Å². The standard InChI is InChI=1S/C22H25N5O3/c1-15(17-11-7-4-8-12-17)24-13-18(28)26(2)19-20(23)27(22(30)25-21(19)29)14-16-9-5-3-6-10-16/h3-12,15,24H,13-14,23H2,1-2H3,(H,25,29,30)/t15-/m1/s1. The zero-order chi connectivity index (χ0) is 21.7. The number of rotatable bonds is 7. The molecular weight excluding hydrogens is 382 g/mol. The van der Waals surface area contributed by atoms with Gasteiger partial charge >= 0.3 is 5.69 Å². The van der Waals surface area contributed by atoms with Crippen LogP contribution in [-0.2, 0) is 11.3 Å². The summed E-state index contributed by atoms with van der Waals surface area (Å²) in [5.74, 6) is -0.403. The SMILES string of the molecule is C[C@@H](NCC(=O)N(C)c1c(N)n(Cc2ccccc2)c(=O)[nH]c1=O)c1ccccc1. The van der Waals surface area contributed by atoms with Crippen LogP contribution >= 0.6 is 0 Å². The van der Waals surface area contributed by atoms with E-state index in [0.717, 1.165) is 11.1 Å². The maximum atomic E-state index is 12.7. The first-order valence-corrected chi connectivity index (χ1v) is 9.60. The summed E-state index contributed by atoms with van der Waals surface area (Å²) in [5, 5.41) is 3.14. The van der Waals surface area contributed by atoms with Crippen LogP contribution in [0, 0.1) is 0 Å². The number of hydrogen-bond donors (Lipinski definition) is 3. The van der Waals surface area contributed by atoms with E-state index < -0.39 is 11.2 Å². The topological polar surface area (TPSA) is 113 Å². The molecule has 8 heteroatoms. The lowest BCUT2D eigenvalue weighted by Crippen LogP contribution is -2.42. The highest BCUT2D eigenvalue weighted by Gasteiger charge is 2.21. The van der Waals surface area contributed by atoms with Crippen molar-refractivity contribution in [3.05, 3.63) is 92.6 Å². The Labute approximate surface area is 174 Å². The van der Waals surface area contributed by atoms with Gasteiger partial charge in [-0.3, -0.25) is 19.1 Å². The van der Waals surface area contributed by atoms with Crippen molar-refractivity contribution in [1.82, 2.24) is 14.9 Å². The summed E-state index contributed by atoms with van der Waals surface area (Å²) >= 11 is 0. The van der Waals surface area contributed by atoms with E-state index in [4.69, 9.17) is 5.73 Å². The summed E-state index contributed by atoms with van der Waals surface area (Å²) in [7, 11) is 1.47.